The molecule has 0 saturated carbocycles. The molecular formula is C4H6NSi. The van der Waals surface area contributed by atoms with Crippen molar-refractivity contribution in [2.45, 2.75) is 13.0 Å². The lowest BCUT2D eigenvalue weighted by atomic mass is 10.3. The lowest BCUT2D eigenvalue weighted by molar-refractivity contribution is 0.847. The van der Waals surface area contributed by atoms with Crippen LogP contribution in [0.15, 0.2) is 0 Å². The highest BCUT2D eigenvalue weighted by molar-refractivity contribution is 6.08. The fraction of sp³-hybridized carbons (Fsp3) is 0.750. The molecule has 0 rings (SSSR count). The topological polar surface area (TPSA) is 23.8 Å². The Labute approximate surface area is 41.4 Å². The average Bonchev–Trinajstić information content (AvgIpc) is 1.65. The number of rotatable bonds is 1. The van der Waals surface area contributed by atoms with Gasteiger partial charge in [0, 0.05) is 16.2 Å². The van der Waals surface area contributed by atoms with E-state index in [0.717, 1.165) is 6.04 Å². The van der Waals surface area contributed by atoms with E-state index in [1.807, 2.05) is 6.92 Å². The molecule has 0 aromatic carbocycles. The molecule has 1 unspecified atom stereocenters. The predicted molar refractivity (Wildman–Crippen MR) is 25.3 cm³/mol. The summed E-state index contributed by atoms with van der Waals surface area (Å²) < 4.78 is 0. The van der Waals surface area contributed by atoms with Gasteiger partial charge in [-0.25, -0.2) is 0 Å². The van der Waals surface area contributed by atoms with E-state index in [0.29, 0.717) is 0 Å². The van der Waals surface area contributed by atoms with Gasteiger partial charge in [0.2, 0.25) is 0 Å². The lowest BCUT2D eigenvalue weighted by Crippen LogP contribution is -1.84. The second-order valence-electron chi connectivity index (χ2n) is 1.23. The van der Waals surface area contributed by atoms with Gasteiger partial charge in [-0.3, -0.25) is 0 Å². The normalized spacial score (nSPS) is 12.8. The zero-order chi connectivity index (χ0) is 4.99. The lowest BCUT2D eigenvalue weighted by Gasteiger charge is -1.86. The van der Waals surface area contributed by atoms with Crippen LogP contribution in [0.2, 0.25) is 6.04 Å². The first-order chi connectivity index (χ1) is 2.81. The van der Waals surface area contributed by atoms with Crippen LogP contribution >= 0.6 is 0 Å². The van der Waals surface area contributed by atoms with Crippen LogP contribution in [0, 0.1) is 17.2 Å². The van der Waals surface area contributed by atoms with Crippen LogP contribution in [0.25, 0.3) is 0 Å². The first-order valence-electron chi connectivity index (χ1n) is 1.85. The van der Waals surface area contributed by atoms with Crippen LogP contribution in [-0.4, -0.2) is 10.2 Å². The molecule has 31 valence electrons. The van der Waals surface area contributed by atoms with Crippen molar-refractivity contribution in [2.75, 3.05) is 0 Å². The van der Waals surface area contributed by atoms with Crippen molar-refractivity contribution in [2.24, 2.45) is 5.92 Å². The third-order valence-corrected chi connectivity index (χ3v) is 1.14. The Morgan fingerprint density at radius 3 is 2.50 bits per heavy atom. The summed E-state index contributed by atoms with van der Waals surface area (Å²) in [5, 5.41) is 8.05. The summed E-state index contributed by atoms with van der Waals surface area (Å²) in [6.45, 7) is 1.87. The molecule has 6 heavy (non-hydrogen) atoms. The zero-order valence-electron chi connectivity index (χ0n) is 3.73. The predicted octanol–water partition coefficient (Wildman–Crippen LogP) is 0.733. The van der Waals surface area contributed by atoms with Gasteiger partial charge < -0.3 is 0 Å². The molecule has 0 amide bonds. The minimum atomic E-state index is 0.154. The minimum absolute atomic E-state index is 0.154. The van der Waals surface area contributed by atoms with Crippen molar-refractivity contribution in [1.82, 2.24) is 0 Å². The van der Waals surface area contributed by atoms with Gasteiger partial charge in [0.15, 0.2) is 0 Å². The van der Waals surface area contributed by atoms with E-state index in [1.54, 1.807) is 0 Å². The number of hydrogen-bond donors (Lipinski definition) is 0. The molecule has 0 bridgehead atoms. The highest BCUT2D eigenvalue weighted by Crippen LogP contribution is 1.92. The van der Waals surface area contributed by atoms with E-state index in [2.05, 4.69) is 16.3 Å². The summed E-state index contributed by atoms with van der Waals surface area (Å²) in [6.07, 6.45) is 0. The van der Waals surface area contributed by atoms with E-state index in [-0.39, 0.29) is 5.92 Å². The Hall–Kier alpha value is -0.293. The fourth-order valence-corrected chi connectivity index (χ4v) is 0.137. The van der Waals surface area contributed by atoms with Crippen molar-refractivity contribution in [3.05, 3.63) is 0 Å². The number of hydrogen-bond acceptors (Lipinski definition) is 1. The Morgan fingerprint density at radius 2 is 2.50 bits per heavy atom. The molecule has 0 spiro atoms. The van der Waals surface area contributed by atoms with Gasteiger partial charge in [0.25, 0.3) is 0 Å². The molecule has 3 radical (unpaired) electrons. The Kier molecular flexibility index (Phi) is 2.78. The minimum Gasteiger partial charge on any atom is -0.198 e. The van der Waals surface area contributed by atoms with Crippen molar-refractivity contribution < 1.29 is 0 Å². The molecule has 0 aromatic rings. The summed E-state index contributed by atoms with van der Waals surface area (Å²) in [6, 6.07) is 2.84. The molecule has 0 aromatic heterocycles. The van der Waals surface area contributed by atoms with Gasteiger partial charge >= 0.3 is 0 Å². The standard InChI is InChI=1S/C4H6NSi/c1-4(2-5)3-6/h4H,3H2,1H3. The molecular weight excluding hydrogens is 90.1 g/mol. The fourth-order valence-electron chi connectivity index (χ4n) is 0.0456. The third-order valence-electron chi connectivity index (χ3n) is 0.527. The van der Waals surface area contributed by atoms with E-state index in [9.17, 15) is 0 Å². The quantitative estimate of drug-likeness (QED) is 0.441. The summed E-state index contributed by atoms with van der Waals surface area (Å²) in [4.78, 5) is 0. The monoisotopic (exact) mass is 96.0 g/mol. The van der Waals surface area contributed by atoms with Crippen LogP contribution in [0.1, 0.15) is 6.92 Å². The largest absolute Gasteiger partial charge is 0.198 e. The van der Waals surface area contributed by atoms with Crippen LogP contribution in [0.5, 0.6) is 0 Å². The van der Waals surface area contributed by atoms with Crippen molar-refractivity contribution in [1.29, 1.82) is 5.26 Å². The average molecular weight is 96.2 g/mol. The molecule has 0 saturated heterocycles. The number of nitrogens with zero attached hydrogens (tertiary/aromatic N) is 1. The van der Waals surface area contributed by atoms with E-state index >= 15 is 0 Å². The molecule has 0 heterocycles. The smallest absolute Gasteiger partial charge is 0.0649 e. The Balaban J connectivity index is 3.04. The zero-order valence-corrected chi connectivity index (χ0v) is 4.73. The van der Waals surface area contributed by atoms with E-state index in [4.69, 9.17) is 5.26 Å². The molecule has 0 aliphatic heterocycles. The molecule has 1 atom stereocenters. The molecule has 0 N–H and O–H groups in total. The van der Waals surface area contributed by atoms with Crippen LogP contribution < -0.4 is 0 Å². The molecule has 0 aliphatic carbocycles. The maximum absolute atomic E-state index is 8.05. The van der Waals surface area contributed by atoms with Crippen molar-refractivity contribution in [3.63, 3.8) is 0 Å². The van der Waals surface area contributed by atoms with Crippen LogP contribution in [-0.2, 0) is 0 Å². The molecule has 0 fully saturated rings. The highest BCUT2D eigenvalue weighted by atomic mass is 28.1. The number of nitriles is 1. The first kappa shape index (κ1) is 5.71. The van der Waals surface area contributed by atoms with E-state index < -0.39 is 0 Å². The van der Waals surface area contributed by atoms with Gasteiger partial charge in [0.05, 0.1) is 6.07 Å². The highest BCUT2D eigenvalue weighted by Gasteiger charge is 1.88. The van der Waals surface area contributed by atoms with Crippen LogP contribution in [0.3, 0.4) is 0 Å². The maximum Gasteiger partial charge on any atom is 0.0649 e. The van der Waals surface area contributed by atoms with Gasteiger partial charge in [-0.05, 0) is 13.0 Å². The summed E-state index contributed by atoms with van der Waals surface area (Å²) in [5.74, 6) is 0.154. The second kappa shape index (κ2) is 2.92. The van der Waals surface area contributed by atoms with Crippen molar-refractivity contribution >= 4 is 10.2 Å². The summed E-state index contributed by atoms with van der Waals surface area (Å²) >= 11 is 0. The van der Waals surface area contributed by atoms with Crippen LogP contribution in [0.4, 0.5) is 0 Å². The second-order valence-corrected chi connectivity index (χ2v) is 1.64. The van der Waals surface area contributed by atoms with E-state index in [1.165, 1.54) is 0 Å². The van der Waals surface area contributed by atoms with Crippen molar-refractivity contribution in [3.8, 4) is 6.07 Å². The molecule has 0 aliphatic rings. The first-order valence-corrected chi connectivity index (χ1v) is 2.56. The Bertz CT molecular complexity index is 64.4. The molecule has 2 heteroatoms. The summed E-state index contributed by atoms with van der Waals surface area (Å²) in [5.41, 5.74) is 0. The third kappa shape index (κ3) is 1.98. The summed E-state index contributed by atoms with van der Waals surface area (Å²) in [7, 11) is 3.19. The SMILES string of the molecule is CC(C#N)C[Si]. The molecule has 1 nitrogen and oxygen atoms in total. The van der Waals surface area contributed by atoms with Gasteiger partial charge in [0.1, 0.15) is 0 Å². The van der Waals surface area contributed by atoms with Gasteiger partial charge in [-0.15, -0.1) is 0 Å². The van der Waals surface area contributed by atoms with Gasteiger partial charge in [-0.1, -0.05) is 0 Å². The van der Waals surface area contributed by atoms with Gasteiger partial charge in [-0.2, -0.15) is 5.26 Å². The Morgan fingerprint density at radius 1 is 2.00 bits per heavy atom. The maximum atomic E-state index is 8.05.